The van der Waals surface area contributed by atoms with Gasteiger partial charge in [-0.05, 0) is 25.1 Å². The highest BCUT2D eigenvalue weighted by Gasteiger charge is 2.09. The second kappa shape index (κ2) is 5.46. The molecule has 1 unspecified atom stereocenters. The number of aromatic carboxylic acids is 1. The molecular formula is C11H14FNO3. The third-order valence-electron chi connectivity index (χ3n) is 2.03. The van der Waals surface area contributed by atoms with Crippen molar-refractivity contribution in [3.8, 4) is 0 Å². The Morgan fingerprint density at radius 3 is 2.81 bits per heavy atom. The fourth-order valence-electron chi connectivity index (χ4n) is 1.32. The molecule has 1 aromatic rings. The van der Waals surface area contributed by atoms with Gasteiger partial charge in [0.15, 0.2) is 0 Å². The first-order valence-corrected chi connectivity index (χ1v) is 4.83. The first-order chi connectivity index (χ1) is 7.54. The van der Waals surface area contributed by atoms with E-state index in [1.807, 2.05) is 6.92 Å². The van der Waals surface area contributed by atoms with E-state index in [9.17, 15) is 9.18 Å². The highest BCUT2D eigenvalue weighted by atomic mass is 19.1. The average Bonchev–Trinajstić information content (AvgIpc) is 2.21. The molecule has 1 aromatic carbocycles. The van der Waals surface area contributed by atoms with Crippen molar-refractivity contribution in [1.29, 1.82) is 0 Å². The molecule has 0 saturated carbocycles. The van der Waals surface area contributed by atoms with E-state index in [-0.39, 0.29) is 17.3 Å². The van der Waals surface area contributed by atoms with Gasteiger partial charge in [0.25, 0.3) is 0 Å². The molecule has 0 bridgehead atoms. The van der Waals surface area contributed by atoms with Crippen LogP contribution in [-0.2, 0) is 4.74 Å². The van der Waals surface area contributed by atoms with Crippen molar-refractivity contribution >= 4 is 11.7 Å². The van der Waals surface area contributed by atoms with E-state index in [1.54, 1.807) is 7.11 Å². The standard InChI is InChI=1S/C11H14FNO3/c1-7(6-16-2)13-10-4-3-8(11(14)15)5-9(10)12/h3-5,7,13H,6H2,1-2H3,(H,14,15). The van der Waals surface area contributed by atoms with E-state index >= 15 is 0 Å². The fraction of sp³-hybridized carbons (Fsp3) is 0.364. The van der Waals surface area contributed by atoms with Gasteiger partial charge in [-0.25, -0.2) is 9.18 Å². The fourth-order valence-corrected chi connectivity index (χ4v) is 1.32. The number of benzene rings is 1. The van der Waals surface area contributed by atoms with Crippen molar-refractivity contribution in [2.45, 2.75) is 13.0 Å². The second-order valence-corrected chi connectivity index (χ2v) is 3.50. The van der Waals surface area contributed by atoms with E-state index in [0.717, 1.165) is 6.07 Å². The normalized spacial score (nSPS) is 12.2. The molecule has 5 heteroatoms. The number of hydrogen-bond acceptors (Lipinski definition) is 3. The smallest absolute Gasteiger partial charge is 0.335 e. The van der Waals surface area contributed by atoms with Crippen LogP contribution in [0.3, 0.4) is 0 Å². The summed E-state index contributed by atoms with van der Waals surface area (Å²) in [5, 5.41) is 11.5. The van der Waals surface area contributed by atoms with Crippen LogP contribution in [0.4, 0.5) is 10.1 Å². The molecule has 0 saturated heterocycles. The maximum atomic E-state index is 13.4. The Kier molecular flexibility index (Phi) is 4.25. The van der Waals surface area contributed by atoms with Crippen molar-refractivity contribution < 1.29 is 19.0 Å². The number of carboxylic acid groups (broad SMARTS) is 1. The lowest BCUT2D eigenvalue weighted by Crippen LogP contribution is -2.21. The van der Waals surface area contributed by atoms with Gasteiger partial charge in [0.05, 0.1) is 17.9 Å². The largest absolute Gasteiger partial charge is 0.478 e. The molecule has 1 atom stereocenters. The SMILES string of the molecule is COCC(C)Nc1ccc(C(=O)O)cc1F. The Balaban J connectivity index is 2.79. The van der Waals surface area contributed by atoms with Crippen LogP contribution in [0.15, 0.2) is 18.2 Å². The van der Waals surface area contributed by atoms with Crippen molar-refractivity contribution in [3.05, 3.63) is 29.6 Å². The predicted octanol–water partition coefficient (Wildman–Crippen LogP) is 1.97. The minimum Gasteiger partial charge on any atom is -0.478 e. The molecule has 88 valence electrons. The number of rotatable bonds is 5. The van der Waals surface area contributed by atoms with Gasteiger partial charge in [0.1, 0.15) is 5.82 Å². The third kappa shape index (κ3) is 3.20. The Hall–Kier alpha value is -1.62. The van der Waals surface area contributed by atoms with Gasteiger partial charge >= 0.3 is 5.97 Å². The van der Waals surface area contributed by atoms with Crippen LogP contribution in [0.1, 0.15) is 17.3 Å². The second-order valence-electron chi connectivity index (χ2n) is 3.50. The molecule has 0 aliphatic rings. The summed E-state index contributed by atoms with van der Waals surface area (Å²) in [6.45, 7) is 2.29. The lowest BCUT2D eigenvalue weighted by molar-refractivity contribution is 0.0696. The molecule has 0 fully saturated rings. The number of nitrogens with one attached hydrogen (secondary N) is 1. The number of halogens is 1. The molecule has 0 spiro atoms. The lowest BCUT2D eigenvalue weighted by atomic mass is 10.2. The van der Waals surface area contributed by atoms with Gasteiger partial charge in [-0.2, -0.15) is 0 Å². The predicted molar refractivity (Wildman–Crippen MR) is 58.3 cm³/mol. The summed E-state index contributed by atoms with van der Waals surface area (Å²) >= 11 is 0. The molecule has 0 heterocycles. The maximum absolute atomic E-state index is 13.4. The lowest BCUT2D eigenvalue weighted by Gasteiger charge is -2.14. The molecule has 0 aliphatic heterocycles. The number of methoxy groups -OCH3 is 1. The van der Waals surface area contributed by atoms with Gasteiger partial charge in [0, 0.05) is 13.2 Å². The summed E-state index contributed by atoms with van der Waals surface area (Å²) in [5.74, 6) is -1.72. The van der Waals surface area contributed by atoms with E-state index < -0.39 is 11.8 Å². The Bertz CT molecular complexity index is 381. The zero-order valence-corrected chi connectivity index (χ0v) is 9.16. The van der Waals surface area contributed by atoms with Crippen LogP contribution in [-0.4, -0.2) is 30.8 Å². The van der Waals surface area contributed by atoms with Crippen LogP contribution < -0.4 is 5.32 Å². The first-order valence-electron chi connectivity index (χ1n) is 4.83. The van der Waals surface area contributed by atoms with Crippen LogP contribution in [0.5, 0.6) is 0 Å². The van der Waals surface area contributed by atoms with Crippen LogP contribution >= 0.6 is 0 Å². The highest BCUT2D eigenvalue weighted by Crippen LogP contribution is 2.16. The van der Waals surface area contributed by atoms with Crippen LogP contribution in [0.25, 0.3) is 0 Å². The number of carboxylic acids is 1. The van der Waals surface area contributed by atoms with E-state index in [4.69, 9.17) is 9.84 Å². The summed E-state index contributed by atoms with van der Waals surface area (Å²) < 4.78 is 18.3. The molecule has 0 radical (unpaired) electrons. The van der Waals surface area contributed by atoms with Crippen LogP contribution in [0, 0.1) is 5.82 Å². The van der Waals surface area contributed by atoms with Gasteiger partial charge in [-0.15, -0.1) is 0 Å². The van der Waals surface area contributed by atoms with Crippen molar-refractivity contribution in [1.82, 2.24) is 0 Å². The molecule has 16 heavy (non-hydrogen) atoms. The summed E-state index contributed by atoms with van der Waals surface area (Å²) in [6.07, 6.45) is 0. The zero-order valence-electron chi connectivity index (χ0n) is 9.16. The molecular weight excluding hydrogens is 213 g/mol. The van der Waals surface area contributed by atoms with Gasteiger partial charge in [-0.3, -0.25) is 0 Å². The highest BCUT2D eigenvalue weighted by molar-refractivity contribution is 5.88. The zero-order chi connectivity index (χ0) is 12.1. The van der Waals surface area contributed by atoms with E-state index in [0.29, 0.717) is 6.61 Å². The number of anilines is 1. The number of ether oxygens (including phenoxy) is 1. The van der Waals surface area contributed by atoms with Gasteiger partial charge in [-0.1, -0.05) is 0 Å². The molecule has 0 aromatic heterocycles. The van der Waals surface area contributed by atoms with Crippen LogP contribution in [0.2, 0.25) is 0 Å². The summed E-state index contributed by atoms with van der Waals surface area (Å²) in [4.78, 5) is 10.6. The van der Waals surface area contributed by atoms with Gasteiger partial charge in [0.2, 0.25) is 0 Å². The van der Waals surface area contributed by atoms with E-state index in [1.165, 1.54) is 12.1 Å². The summed E-state index contributed by atoms with van der Waals surface area (Å²) in [6, 6.07) is 3.71. The Morgan fingerprint density at radius 1 is 1.62 bits per heavy atom. The summed E-state index contributed by atoms with van der Waals surface area (Å²) in [7, 11) is 1.56. The van der Waals surface area contributed by atoms with Crippen molar-refractivity contribution in [2.75, 3.05) is 19.0 Å². The minimum absolute atomic E-state index is 0.0461. The third-order valence-corrected chi connectivity index (χ3v) is 2.03. The molecule has 0 amide bonds. The average molecular weight is 227 g/mol. The van der Waals surface area contributed by atoms with Gasteiger partial charge < -0.3 is 15.2 Å². The monoisotopic (exact) mass is 227 g/mol. The Labute approximate surface area is 93.0 Å². The first kappa shape index (κ1) is 12.4. The molecule has 0 aliphatic carbocycles. The van der Waals surface area contributed by atoms with E-state index in [2.05, 4.69) is 5.32 Å². The molecule has 1 rings (SSSR count). The minimum atomic E-state index is -1.14. The van der Waals surface area contributed by atoms with Crippen molar-refractivity contribution in [3.63, 3.8) is 0 Å². The molecule has 2 N–H and O–H groups in total. The quantitative estimate of drug-likeness (QED) is 0.807. The number of hydrogen-bond donors (Lipinski definition) is 2. The Morgan fingerprint density at radius 2 is 2.31 bits per heavy atom. The topological polar surface area (TPSA) is 58.6 Å². The summed E-state index contributed by atoms with van der Waals surface area (Å²) in [5.41, 5.74) is 0.206. The number of carbonyl (C=O) groups is 1. The molecule has 4 nitrogen and oxygen atoms in total. The maximum Gasteiger partial charge on any atom is 0.335 e. The van der Waals surface area contributed by atoms with Crippen molar-refractivity contribution in [2.24, 2.45) is 0 Å².